The third-order valence-electron chi connectivity index (χ3n) is 4.79. The second kappa shape index (κ2) is 7.90. The molecular formula is C20H23ClN2O3S. The van der Waals surface area contributed by atoms with Gasteiger partial charge in [0.2, 0.25) is 0 Å². The molecule has 7 heteroatoms. The number of fused-ring (bicyclic) bond motifs is 1. The first-order chi connectivity index (χ1) is 12.8. The Morgan fingerprint density at radius 3 is 2.63 bits per heavy atom. The van der Waals surface area contributed by atoms with E-state index in [4.69, 9.17) is 22.1 Å². The lowest BCUT2D eigenvalue weighted by Crippen LogP contribution is -2.22. The summed E-state index contributed by atoms with van der Waals surface area (Å²) in [7, 11) is 0. The number of benzene rings is 1. The molecule has 0 aliphatic heterocycles. The van der Waals surface area contributed by atoms with Gasteiger partial charge in [-0.05, 0) is 67.9 Å². The van der Waals surface area contributed by atoms with Crippen LogP contribution in [-0.2, 0) is 17.6 Å². The van der Waals surface area contributed by atoms with Crippen LogP contribution in [0.5, 0.6) is 5.75 Å². The Morgan fingerprint density at radius 1 is 1.33 bits per heavy atom. The number of rotatable bonds is 5. The fourth-order valence-corrected chi connectivity index (χ4v) is 4.94. The molecule has 1 aliphatic rings. The summed E-state index contributed by atoms with van der Waals surface area (Å²) in [6.07, 6.45) is 2.76. The van der Waals surface area contributed by atoms with E-state index in [2.05, 4.69) is 12.2 Å². The lowest BCUT2D eigenvalue weighted by atomic mass is 9.88. The van der Waals surface area contributed by atoms with Gasteiger partial charge in [-0.3, -0.25) is 9.59 Å². The summed E-state index contributed by atoms with van der Waals surface area (Å²) in [6.45, 7) is 5.81. The van der Waals surface area contributed by atoms with Crippen LogP contribution < -0.4 is 15.8 Å². The maximum absolute atomic E-state index is 12.4. The second-order valence-corrected chi connectivity index (χ2v) is 8.61. The third-order valence-corrected chi connectivity index (χ3v) is 6.56. The Labute approximate surface area is 167 Å². The maximum Gasteiger partial charge on any atom is 0.262 e. The van der Waals surface area contributed by atoms with Crippen molar-refractivity contribution in [1.29, 1.82) is 0 Å². The molecule has 27 heavy (non-hydrogen) atoms. The van der Waals surface area contributed by atoms with E-state index in [1.54, 1.807) is 12.1 Å². The van der Waals surface area contributed by atoms with Gasteiger partial charge in [-0.15, -0.1) is 11.3 Å². The average Bonchev–Trinajstić information content (AvgIpc) is 2.94. The normalized spacial score (nSPS) is 15.9. The SMILES string of the molecule is Cc1cc(OCC(=O)Nc2sc3c(c2C(N)=O)CC[C@H](C)C3)cc(C)c1Cl. The Hall–Kier alpha value is -2.05. The summed E-state index contributed by atoms with van der Waals surface area (Å²) in [6, 6.07) is 3.59. The number of aryl methyl sites for hydroxylation is 2. The molecule has 1 aromatic carbocycles. The van der Waals surface area contributed by atoms with Crippen LogP contribution >= 0.6 is 22.9 Å². The molecule has 3 rings (SSSR count). The zero-order chi connectivity index (χ0) is 19.7. The standard InChI is InChI=1S/C20H23ClN2O3S/c1-10-4-5-14-15(6-10)27-20(17(14)19(22)25)23-16(24)9-26-13-7-11(2)18(21)12(3)8-13/h7-8,10H,4-6,9H2,1-3H3,(H2,22,25)(H,23,24)/t10-/m0/s1. The molecule has 0 saturated carbocycles. The smallest absolute Gasteiger partial charge is 0.262 e. The van der Waals surface area contributed by atoms with Crippen molar-refractivity contribution in [3.8, 4) is 5.75 Å². The number of carbonyl (C=O) groups excluding carboxylic acids is 2. The van der Waals surface area contributed by atoms with Crippen LogP contribution in [0.1, 0.15) is 45.3 Å². The predicted molar refractivity (Wildman–Crippen MR) is 109 cm³/mol. The van der Waals surface area contributed by atoms with Gasteiger partial charge in [0, 0.05) is 9.90 Å². The number of thiophene rings is 1. The van der Waals surface area contributed by atoms with Crippen molar-refractivity contribution in [3.63, 3.8) is 0 Å². The number of hydrogen-bond acceptors (Lipinski definition) is 4. The molecule has 2 aromatic rings. The number of carbonyl (C=O) groups is 2. The van der Waals surface area contributed by atoms with Crippen LogP contribution in [0.4, 0.5) is 5.00 Å². The summed E-state index contributed by atoms with van der Waals surface area (Å²) in [5.74, 6) is 0.329. The number of halogens is 1. The highest BCUT2D eigenvalue weighted by atomic mass is 35.5. The highest BCUT2D eigenvalue weighted by Crippen LogP contribution is 2.39. The Balaban J connectivity index is 1.72. The molecule has 2 amide bonds. The van der Waals surface area contributed by atoms with E-state index < -0.39 is 5.91 Å². The number of amides is 2. The van der Waals surface area contributed by atoms with Gasteiger partial charge in [-0.1, -0.05) is 18.5 Å². The summed E-state index contributed by atoms with van der Waals surface area (Å²) in [5.41, 5.74) is 8.81. The molecule has 0 spiro atoms. The third kappa shape index (κ3) is 4.28. The van der Waals surface area contributed by atoms with Crippen LogP contribution in [0.2, 0.25) is 5.02 Å². The summed E-state index contributed by atoms with van der Waals surface area (Å²) in [5, 5.41) is 4.02. The van der Waals surface area contributed by atoms with Gasteiger partial charge >= 0.3 is 0 Å². The number of nitrogens with two attached hydrogens (primary N) is 1. The fourth-order valence-electron chi connectivity index (χ4n) is 3.40. The van der Waals surface area contributed by atoms with Crippen molar-refractivity contribution in [1.82, 2.24) is 0 Å². The predicted octanol–water partition coefficient (Wildman–Crippen LogP) is 4.26. The first-order valence-corrected chi connectivity index (χ1v) is 10.1. The minimum absolute atomic E-state index is 0.155. The van der Waals surface area contributed by atoms with Gasteiger partial charge in [0.05, 0.1) is 5.56 Å². The first kappa shape index (κ1) is 19.7. The number of primary amides is 1. The topological polar surface area (TPSA) is 81.4 Å². The number of nitrogens with one attached hydrogen (secondary N) is 1. The molecule has 1 aromatic heterocycles. The first-order valence-electron chi connectivity index (χ1n) is 8.90. The van der Waals surface area contributed by atoms with Crippen molar-refractivity contribution < 1.29 is 14.3 Å². The van der Waals surface area contributed by atoms with Crippen LogP contribution in [-0.4, -0.2) is 18.4 Å². The van der Waals surface area contributed by atoms with Crippen molar-refractivity contribution in [2.24, 2.45) is 11.7 Å². The number of anilines is 1. The minimum Gasteiger partial charge on any atom is -0.484 e. The quantitative estimate of drug-likeness (QED) is 0.778. The van der Waals surface area contributed by atoms with E-state index in [-0.39, 0.29) is 12.5 Å². The molecule has 144 valence electrons. The molecule has 0 radical (unpaired) electrons. The minimum atomic E-state index is -0.498. The molecule has 0 saturated heterocycles. The van der Waals surface area contributed by atoms with Crippen molar-refractivity contribution in [2.75, 3.05) is 11.9 Å². The fraction of sp³-hybridized carbons (Fsp3) is 0.400. The van der Waals surface area contributed by atoms with Gasteiger partial charge in [0.1, 0.15) is 10.8 Å². The van der Waals surface area contributed by atoms with Crippen LogP contribution in [0, 0.1) is 19.8 Å². The second-order valence-electron chi connectivity index (χ2n) is 7.13. The van der Waals surface area contributed by atoms with Gasteiger partial charge < -0.3 is 15.8 Å². The zero-order valence-corrected chi connectivity index (χ0v) is 17.2. The Morgan fingerprint density at radius 2 is 2.00 bits per heavy atom. The Bertz CT molecular complexity index is 884. The highest BCUT2D eigenvalue weighted by molar-refractivity contribution is 7.17. The van der Waals surface area contributed by atoms with Crippen molar-refractivity contribution in [3.05, 3.63) is 44.3 Å². The molecule has 1 aliphatic carbocycles. The van der Waals surface area contributed by atoms with E-state index in [1.165, 1.54) is 11.3 Å². The zero-order valence-electron chi connectivity index (χ0n) is 15.6. The summed E-state index contributed by atoms with van der Waals surface area (Å²) in [4.78, 5) is 25.4. The van der Waals surface area contributed by atoms with Gasteiger partial charge in [0.25, 0.3) is 11.8 Å². The van der Waals surface area contributed by atoms with Gasteiger partial charge in [0.15, 0.2) is 6.61 Å². The Kier molecular flexibility index (Phi) is 5.77. The number of hydrogen-bond donors (Lipinski definition) is 2. The lowest BCUT2D eigenvalue weighted by molar-refractivity contribution is -0.118. The van der Waals surface area contributed by atoms with E-state index >= 15 is 0 Å². The molecule has 0 bridgehead atoms. The molecule has 1 heterocycles. The van der Waals surface area contributed by atoms with E-state index in [0.717, 1.165) is 40.8 Å². The summed E-state index contributed by atoms with van der Waals surface area (Å²) >= 11 is 7.59. The number of ether oxygens (including phenoxy) is 1. The molecule has 0 fully saturated rings. The van der Waals surface area contributed by atoms with Crippen molar-refractivity contribution >= 4 is 39.8 Å². The molecule has 0 unspecified atom stereocenters. The van der Waals surface area contributed by atoms with Crippen LogP contribution in [0.3, 0.4) is 0 Å². The van der Waals surface area contributed by atoms with Crippen LogP contribution in [0.15, 0.2) is 12.1 Å². The van der Waals surface area contributed by atoms with Gasteiger partial charge in [-0.25, -0.2) is 0 Å². The highest BCUT2D eigenvalue weighted by Gasteiger charge is 2.27. The maximum atomic E-state index is 12.4. The molecular weight excluding hydrogens is 384 g/mol. The van der Waals surface area contributed by atoms with Crippen LogP contribution in [0.25, 0.3) is 0 Å². The summed E-state index contributed by atoms with van der Waals surface area (Å²) < 4.78 is 5.59. The van der Waals surface area contributed by atoms with E-state index in [1.807, 2.05) is 13.8 Å². The lowest BCUT2D eigenvalue weighted by Gasteiger charge is -2.18. The van der Waals surface area contributed by atoms with Gasteiger partial charge in [-0.2, -0.15) is 0 Å². The van der Waals surface area contributed by atoms with E-state index in [0.29, 0.717) is 27.3 Å². The van der Waals surface area contributed by atoms with Crippen molar-refractivity contribution in [2.45, 2.75) is 40.0 Å². The molecule has 5 nitrogen and oxygen atoms in total. The average molecular weight is 407 g/mol. The monoisotopic (exact) mass is 406 g/mol. The molecule has 3 N–H and O–H groups in total. The van der Waals surface area contributed by atoms with E-state index in [9.17, 15) is 9.59 Å². The molecule has 1 atom stereocenters. The largest absolute Gasteiger partial charge is 0.484 e.